The number of aromatic nitrogens is 2. The zero-order valence-corrected chi connectivity index (χ0v) is 12.2. The molecule has 116 valence electrons. The van der Waals surface area contributed by atoms with Gasteiger partial charge in [-0.25, -0.2) is 4.79 Å². The number of aliphatic hydroxyl groups excluding tert-OH is 1. The Morgan fingerprint density at radius 1 is 1.62 bits per heavy atom. The molecule has 21 heavy (non-hydrogen) atoms. The molecule has 0 radical (unpaired) electrons. The Kier molecular flexibility index (Phi) is 4.70. The minimum absolute atomic E-state index is 0.103. The molecule has 0 aromatic carbocycles. The molecule has 1 aromatic rings. The Labute approximate surface area is 120 Å². The summed E-state index contributed by atoms with van der Waals surface area (Å²) in [6, 6.07) is 1.18. The number of nitrogens with one attached hydrogen (secondary N) is 1. The molecular weight excluding hydrogens is 303 g/mol. The lowest BCUT2D eigenvalue weighted by Crippen LogP contribution is -2.43. The van der Waals surface area contributed by atoms with E-state index in [1.807, 2.05) is 0 Å². The van der Waals surface area contributed by atoms with E-state index in [0.717, 1.165) is 0 Å². The minimum atomic E-state index is -2.79. The van der Waals surface area contributed by atoms with Crippen molar-refractivity contribution in [3.8, 4) is 0 Å². The standard InChI is InChI=1S/C11H15N2O7P/c1-2-11(13-4-3-9(15)12-10(13)16)5-7(14)8(20-11)6-19-21(17)18/h3-4,7-8,14H,2,5-6H2,1H3,(H-,12,15,16,17,18)/p+1/t7-,8+,11+/m0/s1. The molecule has 9 nitrogen and oxygen atoms in total. The SMILES string of the molecule is CC[C@]1(n2ccc(=O)[nH]c2=O)C[C@H](O)[C@@H](CO[P+](=O)O)O1. The molecule has 1 aliphatic rings. The third kappa shape index (κ3) is 3.28. The fraction of sp³-hybridized carbons (Fsp3) is 0.636. The zero-order valence-electron chi connectivity index (χ0n) is 11.3. The van der Waals surface area contributed by atoms with Gasteiger partial charge in [-0.15, -0.1) is 9.42 Å². The molecular formula is C11H16N2O7P+. The quantitative estimate of drug-likeness (QED) is 0.618. The number of H-pyrrole nitrogens is 1. The van der Waals surface area contributed by atoms with E-state index >= 15 is 0 Å². The third-order valence-electron chi connectivity index (χ3n) is 3.49. The van der Waals surface area contributed by atoms with Gasteiger partial charge in [0.25, 0.3) is 5.56 Å². The average molecular weight is 319 g/mol. The van der Waals surface area contributed by atoms with Crippen molar-refractivity contribution in [3.05, 3.63) is 33.1 Å². The van der Waals surface area contributed by atoms with Crippen molar-refractivity contribution in [2.45, 2.75) is 37.7 Å². The van der Waals surface area contributed by atoms with Crippen LogP contribution in [0.2, 0.25) is 0 Å². The summed E-state index contributed by atoms with van der Waals surface area (Å²) >= 11 is 0. The molecule has 1 fully saturated rings. The van der Waals surface area contributed by atoms with E-state index in [1.165, 1.54) is 16.8 Å². The second-order valence-electron chi connectivity index (χ2n) is 4.74. The first-order chi connectivity index (χ1) is 9.88. The summed E-state index contributed by atoms with van der Waals surface area (Å²) in [4.78, 5) is 33.8. The van der Waals surface area contributed by atoms with Crippen molar-refractivity contribution < 1.29 is 23.8 Å². The third-order valence-corrected chi connectivity index (χ3v) is 3.86. The smallest absolute Gasteiger partial charge is 0.390 e. The predicted molar refractivity (Wildman–Crippen MR) is 70.9 cm³/mol. The summed E-state index contributed by atoms with van der Waals surface area (Å²) in [5.74, 6) is 0. The normalized spacial score (nSPS) is 29.6. The number of aliphatic hydroxyl groups is 1. The molecule has 4 atom stereocenters. The Hall–Kier alpha value is -1.38. The van der Waals surface area contributed by atoms with Gasteiger partial charge in [0, 0.05) is 23.2 Å². The number of nitrogens with zero attached hydrogens (tertiary/aromatic N) is 1. The molecule has 2 heterocycles. The summed E-state index contributed by atoms with van der Waals surface area (Å²) in [7, 11) is -2.79. The van der Waals surface area contributed by atoms with Crippen LogP contribution in [0.5, 0.6) is 0 Å². The van der Waals surface area contributed by atoms with Crippen molar-refractivity contribution in [2.24, 2.45) is 0 Å². The lowest BCUT2D eigenvalue weighted by molar-refractivity contribution is -0.118. The van der Waals surface area contributed by atoms with Crippen molar-refractivity contribution in [1.82, 2.24) is 9.55 Å². The molecule has 3 N–H and O–H groups in total. The zero-order chi connectivity index (χ0) is 15.6. The maximum Gasteiger partial charge on any atom is 0.694 e. The first-order valence-electron chi connectivity index (χ1n) is 6.35. The van der Waals surface area contributed by atoms with Gasteiger partial charge in [0.05, 0.1) is 6.10 Å². The second kappa shape index (κ2) is 6.17. The van der Waals surface area contributed by atoms with Crippen LogP contribution in [-0.2, 0) is 19.6 Å². The largest absolute Gasteiger partial charge is 0.694 e. The van der Waals surface area contributed by atoms with Gasteiger partial charge in [-0.05, 0) is 6.42 Å². The number of rotatable bonds is 5. The van der Waals surface area contributed by atoms with Crippen LogP contribution in [0.25, 0.3) is 0 Å². The highest BCUT2D eigenvalue weighted by Crippen LogP contribution is 2.37. The maximum absolute atomic E-state index is 11.9. The summed E-state index contributed by atoms with van der Waals surface area (Å²) in [5.41, 5.74) is -2.31. The highest BCUT2D eigenvalue weighted by atomic mass is 31.1. The van der Waals surface area contributed by atoms with Gasteiger partial charge in [0.15, 0.2) is 5.72 Å². The molecule has 0 spiro atoms. The Morgan fingerprint density at radius 3 is 2.90 bits per heavy atom. The molecule has 0 aliphatic carbocycles. The van der Waals surface area contributed by atoms with Crippen molar-refractivity contribution in [1.29, 1.82) is 0 Å². The Bertz CT molecular complexity index is 642. The first-order valence-corrected chi connectivity index (χ1v) is 7.48. The molecule has 1 saturated heterocycles. The second-order valence-corrected chi connectivity index (χ2v) is 5.48. The van der Waals surface area contributed by atoms with E-state index in [4.69, 9.17) is 9.63 Å². The van der Waals surface area contributed by atoms with Crippen LogP contribution < -0.4 is 11.2 Å². The number of hydrogen-bond donors (Lipinski definition) is 3. The van der Waals surface area contributed by atoms with Gasteiger partial charge in [-0.2, -0.15) is 0 Å². The number of hydrogen-bond acceptors (Lipinski definition) is 6. The Balaban J connectivity index is 2.29. The van der Waals surface area contributed by atoms with Crippen molar-refractivity contribution in [2.75, 3.05) is 6.61 Å². The van der Waals surface area contributed by atoms with E-state index in [0.29, 0.717) is 6.42 Å². The maximum atomic E-state index is 11.9. The highest BCUT2D eigenvalue weighted by molar-refractivity contribution is 7.32. The van der Waals surface area contributed by atoms with Crippen LogP contribution in [0.4, 0.5) is 0 Å². The molecule has 2 rings (SSSR count). The molecule has 1 aliphatic heterocycles. The van der Waals surface area contributed by atoms with Gasteiger partial charge in [0.1, 0.15) is 12.7 Å². The molecule has 10 heteroatoms. The van der Waals surface area contributed by atoms with E-state index in [1.54, 1.807) is 6.92 Å². The summed E-state index contributed by atoms with van der Waals surface area (Å²) in [6.07, 6.45) is -0.0371. The van der Waals surface area contributed by atoms with E-state index < -0.39 is 37.4 Å². The van der Waals surface area contributed by atoms with Gasteiger partial charge in [-0.1, -0.05) is 6.92 Å². The van der Waals surface area contributed by atoms with Crippen LogP contribution in [-0.4, -0.2) is 38.4 Å². The fourth-order valence-electron chi connectivity index (χ4n) is 2.44. The molecule has 1 aromatic heterocycles. The van der Waals surface area contributed by atoms with Gasteiger partial charge < -0.3 is 9.84 Å². The topological polar surface area (TPSA) is 131 Å². The molecule has 0 saturated carbocycles. The lowest BCUT2D eigenvalue weighted by Gasteiger charge is -2.29. The van der Waals surface area contributed by atoms with Crippen molar-refractivity contribution in [3.63, 3.8) is 0 Å². The van der Waals surface area contributed by atoms with Crippen LogP contribution in [0.15, 0.2) is 21.9 Å². The lowest BCUT2D eigenvalue weighted by atomic mass is 10.0. The van der Waals surface area contributed by atoms with E-state index in [2.05, 4.69) is 9.51 Å². The monoisotopic (exact) mass is 319 g/mol. The number of aromatic amines is 1. The van der Waals surface area contributed by atoms with E-state index in [-0.39, 0.29) is 13.0 Å². The first kappa shape index (κ1) is 16.0. The average Bonchev–Trinajstić information content (AvgIpc) is 2.74. The molecule has 1 unspecified atom stereocenters. The molecule has 0 amide bonds. The van der Waals surface area contributed by atoms with Crippen LogP contribution in [0.1, 0.15) is 19.8 Å². The van der Waals surface area contributed by atoms with Crippen LogP contribution in [0, 0.1) is 0 Å². The fourth-order valence-corrected chi connectivity index (χ4v) is 2.71. The predicted octanol–water partition coefficient (Wildman–Crippen LogP) is -0.585. The summed E-state index contributed by atoms with van der Waals surface area (Å²) < 4.78 is 22.0. The van der Waals surface area contributed by atoms with Crippen molar-refractivity contribution >= 4 is 8.25 Å². The minimum Gasteiger partial charge on any atom is -0.390 e. The molecule has 0 bridgehead atoms. The Morgan fingerprint density at radius 2 is 2.33 bits per heavy atom. The van der Waals surface area contributed by atoms with Gasteiger partial charge >= 0.3 is 13.9 Å². The highest BCUT2D eigenvalue weighted by Gasteiger charge is 2.47. The summed E-state index contributed by atoms with van der Waals surface area (Å²) in [6.45, 7) is 1.49. The number of ether oxygens (including phenoxy) is 1. The van der Waals surface area contributed by atoms with Gasteiger partial charge in [-0.3, -0.25) is 14.3 Å². The van der Waals surface area contributed by atoms with Crippen LogP contribution in [0.3, 0.4) is 0 Å². The van der Waals surface area contributed by atoms with Gasteiger partial charge in [0.2, 0.25) is 0 Å². The summed E-state index contributed by atoms with van der Waals surface area (Å²) in [5, 5.41) is 10.0. The van der Waals surface area contributed by atoms with E-state index in [9.17, 15) is 19.3 Å². The van der Waals surface area contributed by atoms with Crippen LogP contribution >= 0.6 is 8.25 Å².